The van der Waals surface area contributed by atoms with Crippen molar-refractivity contribution in [3.63, 3.8) is 0 Å². The molecule has 0 saturated carbocycles. The predicted octanol–water partition coefficient (Wildman–Crippen LogP) is 3.17. The fraction of sp³-hybridized carbons (Fsp3) is 0. The average Bonchev–Trinajstić information content (AvgIpc) is 2.76. The molecule has 2 aromatic carbocycles. The van der Waals surface area contributed by atoms with Gasteiger partial charge in [0.1, 0.15) is 11.4 Å². The minimum Gasteiger partial charge on any atom is -0.395 e. The van der Waals surface area contributed by atoms with Gasteiger partial charge in [-0.25, -0.2) is 0 Å². The monoisotopic (exact) mass is 284 g/mol. The van der Waals surface area contributed by atoms with Gasteiger partial charge in [0.15, 0.2) is 0 Å². The number of hydrogen-bond acceptors (Lipinski definition) is 3. The first-order valence-electron chi connectivity index (χ1n) is 6.12. The van der Waals surface area contributed by atoms with Crippen molar-refractivity contribution in [2.45, 2.75) is 0 Å². The van der Waals surface area contributed by atoms with Crippen LogP contribution in [0.4, 0.5) is 5.69 Å². The van der Waals surface area contributed by atoms with Crippen LogP contribution in [-0.2, 0) is 0 Å². The third-order valence-electron chi connectivity index (χ3n) is 3.11. The number of rotatable bonds is 2. The number of nitrogen functional groups attached to an aromatic ring is 2. The zero-order valence-electron chi connectivity index (χ0n) is 10.6. The number of aromatic nitrogens is 2. The van der Waals surface area contributed by atoms with Gasteiger partial charge in [-0.1, -0.05) is 54.1 Å². The van der Waals surface area contributed by atoms with Crippen LogP contribution >= 0.6 is 11.6 Å². The summed E-state index contributed by atoms with van der Waals surface area (Å²) in [7, 11) is 0. The van der Waals surface area contributed by atoms with Crippen molar-refractivity contribution >= 4 is 17.3 Å². The minimum atomic E-state index is 0.557. The molecule has 0 aliphatic heterocycles. The second kappa shape index (κ2) is 4.90. The van der Waals surface area contributed by atoms with Gasteiger partial charge in [-0.2, -0.15) is 4.79 Å². The maximum absolute atomic E-state index is 6.21. The van der Waals surface area contributed by atoms with Crippen LogP contribution in [0, 0.1) is 0 Å². The minimum absolute atomic E-state index is 0.557. The molecule has 0 aliphatic carbocycles. The Labute approximate surface area is 121 Å². The Balaban J connectivity index is 2.14. The second-order valence-corrected chi connectivity index (χ2v) is 4.86. The highest BCUT2D eigenvalue weighted by Crippen LogP contribution is 2.33. The van der Waals surface area contributed by atoms with Gasteiger partial charge in [-0.15, -0.1) is 5.10 Å². The summed E-state index contributed by atoms with van der Waals surface area (Å²) < 4.78 is 0. The Morgan fingerprint density at radius 3 is 2.20 bits per heavy atom. The normalized spacial score (nSPS) is 10.7. The summed E-state index contributed by atoms with van der Waals surface area (Å²) in [5, 5.41) is 4.98. The summed E-state index contributed by atoms with van der Waals surface area (Å²) in [4.78, 5) is 1.31. The SMILES string of the molecule is Nc1c(-c2ccccc2)nn(N)c1-c1ccc(Cl)cc1. The van der Waals surface area contributed by atoms with Gasteiger partial charge in [0.2, 0.25) is 0 Å². The van der Waals surface area contributed by atoms with Gasteiger partial charge in [0, 0.05) is 16.1 Å². The Bertz CT molecular complexity index is 733. The molecule has 0 bridgehead atoms. The molecule has 1 aromatic heterocycles. The molecular weight excluding hydrogens is 272 g/mol. The Morgan fingerprint density at radius 2 is 1.55 bits per heavy atom. The van der Waals surface area contributed by atoms with Crippen molar-refractivity contribution in [1.29, 1.82) is 0 Å². The molecule has 0 unspecified atom stereocenters. The number of hydrogen-bond donors (Lipinski definition) is 2. The van der Waals surface area contributed by atoms with E-state index in [9.17, 15) is 0 Å². The predicted molar refractivity (Wildman–Crippen MR) is 82.7 cm³/mol. The van der Waals surface area contributed by atoms with Crippen LogP contribution in [0.1, 0.15) is 0 Å². The van der Waals surface area contributed by atoms with Crippen LogP contribution in [-0.4, -0.2) is 9.89 Å². The molecule has 1 heterocycles. The van der Waals surface area contributed by atoms with E-state index < -0.39 is 0 Å². The van der Waals surface area contributed by atoms with Crippen LogP contribution in [0.5, 0.6) is 0 Å². The quantitative estimate of drug-likeness (QED) is 0.710. The third kappa shape index (κ3) is 2.10. The molecule has 20 heavy (non-hydrogen) atoms. The molecule has 0 atom stereocenters. The van der Waals surface area contributed by atoms with Crippen molar-refractivity contribution in [3.05, 3.63) is 59.6 Å². The van der Waals surface area contributed by atoms with E-state index in [0.29, 0.717) is 22.1 Å². The maximum Gasteiger partial charge on any atom is 0.118 e. The standard InChI is InChI=1S/C15H13ClN4/c16-12-8-6-11(7-9-12)15-13(17)14(19-20(15)18)10-4-2-1-3-5-10/h1-9H,17-18H2. The molecule has 0 saturated heterocycles. The maximum atomic E-state index is 6.21. The summed E-state index contributed by atoms with van der Waals surface area (Å²) in [6, 6.07) is 17.0. The smallest absolute Gasteiger partial charge is 0.118 e. The van der Waals surface area contributed by atoms with Gasteiger partial charge in [-0.3, -0.25) is 0 Å². The molecule has 4 N–H and O–H groups in total. The lowest BCUT2D eigenvalue weighted by Gasteiger charge is -2.03. The third-order valence-corrected chi connectivity index (χ3v) is 3.36. The summed E-state index contributed by atoms with van der Waals surface area (Å²) >= 11 is 5.89. The molecule has 5 heteroatoms. The van der Waals surface area contributed by atoms with Crippen LogP contribution in [0.2, 0.25) is 5.02 Å². The van der Waals surface area contributed by atoms with Crippen molar-refractivity contribution in [2.24, 2.45) is 0 Å². The highest BCUT2D eigenvalue weighted by atomic mass is 35.5. The summed E-state index contributed by atoms with van der Waals surface area (Å²) in [5.74, 6) is 5.94. The summed E-state index contributed by atoms with van der Waals surface area (Å²) in [5.41, 5.74) is 9.94. The van der Waals surface area contributed by atoms with Gasteiger partial charge >= 0.3 is 0 Å². The molecule has 0 spiro atoms. The fourth-order valence-corrected chi connectivity index (χ4v) is 2.28. The molecule has 100 valence electrons. The van der Waals surface area contributed by atoms with Crippen LogP contribution in [0.25, 0.3) is 22.5 Å². The summed E-state index contributed by atoms with van der Waals surface area (Å²) in [6.07, 6.45) is 0. The Hall–Kier alpha value is -2.46. The molecule has 0 amide bonds. The van der Waals surface area contributed by atoms with Gasteiger partial charge in [0.25, 0.3) is 0 Å². The topological polar surface area (TPSA) is 69.9 Å². The molecule has 3 aromatic rings. The molecule has 0 aliphatic rings. The van der Waals surface area contributed by atoms with E-state index in [1.165, 1.54) is 4.79 Å². The van der Waals surface area contributed by atoms with Crippen LogP contribution < -0.4 is 11.6 Å². The van der Waals surface area contributed by atoms with Gasteiger partial charge in [-0.05, 0) is 12.1 Å². The number of anilines is 1. The lowest BCUT2D eigenvalue weighted by molar-refractivity contribution is 0.844. The summed E-state index contributed by atoms with van der Waals surface area (Å²) in [6.45, 7) is 0. The highest BCUT2D eigenvalue weighted by molar-refractivity contribution is 6.30. The number of benzene rings is 2. The first-order chi connectivity index (χ1) is 9.66. The number of nitrogens with two attached hydrogens (primary N) is 2. The Morgan fingerprint density at radius 1 is 0.900 bits per heavy atom. The van der Waals surface area contributed by atoms with E-state index in [4.69, 9.17) is 23.2 Å². The molecule has 0 radical (unpaired) electrons. The van der Waals surface area contributed by atoms with Gasteiger partial charge < -0.3 is 11.6 Å². The number of halogens is 1. The average molecular weight is 285 g/mol. The fourth-order valence-electron chi connectivity index (χ4n) is 2.15. The van der Waals surface area contributed by atoms with Gasteiger partial charge in [0.05, 0.1) is 5.69 Å². The zero-order valence-corrected chi connectivity index (χ0v) is 11.4. The second-order valence-electron chi connectivity index (χ2n) is 4.43. The van der Waals surface area contributed by atoms with Crippen molar-refractivity contribution in [2.75, 3.05) is 11.6 Å². The zero-order chi connectivity index (χ0) is 14.1. The van der Waals surface area contributed by atoms with Crippen molar-refractivity contribution in [1.82, 2.24) is 9.89 Å². The first kappa shape index (κ1) is 12.6. The molecular formula is C15H13ClN4. The molecule has 4 nitrogen and oxygen atoms in total. The lowest BCUT2D eigenvalue weighted by Crippen LogP contribution is -2.11. The van der Waals surface area contributed by atoms with Crippen molar-refractivity contribution < 1.29 is 0 Å². The van der Waals surface area contributed by atoms with E-state index >= 15 is 0 Å². The Kier molecular flexibility index (Phi) is 3.08. The number of nitrogens with zero attached hydrogens (tertiary/aromatic N) is 2. The van der Waals surface area contributed by atoms with E-state index in [1.807, 2.05) is 42.5 Å². The van der Waals surface area contributed by atoms with E-state index in [2.05, 4.69) is 5.10 Å². The van der Waals surface area contributed by atoms with Crippen LogP contribution in [0.15, 0.2) is 54.6 Å². The van der Waals surface area contributed by atoms with Crippen LogP contribution in [0.3, 0.4) is 0 Å². The highest BCUT2D eigenvalue weighted by Gasteiger charge is 2.16. The van der Waals surface area contributed by atoms with E-state index in [0.717, 1.165) is 11.1 Å². The lowest BCUT2D eigenvalue weighted by atomic mass is 10.1. The molecule has 3 rings (SSSR count). The van der Waals surface area contributed by atoms with E-state index in [-0.39, 0.29) is 0 Å². The molecule has 0 fully saturated rings. The van der Waals surface area contributed by atoms with Crippen molar-refractivity contribution in [3.8, 4) is 22.5 Å². The van der Waals surface area contributed by atoms with E-state index in [1.54, 1.807) is 12.1 Å². The largest absolute Gasteiger partial charge is 0.395 e. The first-order valence-corrected chi connectivity index (χ1v) is 6.49.